The zero-order valence-electron chi connectivity index (χ0n) is 10.9. The van der Waals surface area contributed by atoms with Crippen LogP contribution in [0, 0.1) is 23.2 Å². The van der Waals surface area contributed by atoms with Crippen molar-refractivity contribution in [3.8, 4) is 6.07 Å². The van der Waals surface area contributed by atoms with Crippen molar-refractivity contribution < 1.29 is 13.2 Å². The lowest BCUT2D eigenvalue weighted by molar-refractivity contribution is -0.128. The van der Waals surface area contributed by atoms with Crippen molar-refractivity contribution in [1.82, 2.24) is 5.32 Å². The average molecular weight is 250 g/mol. The SMILES string of the molecule is CC(C)CC(C#N)(CC(C)C)NCC(F)(F)F. The molecule has 0 saturated heterocycles. The fourth-order valence-electron chi connectivity index (χ4n) is 2.02. The lowest BCUT2D eigenvalue weighted by Gasteiger charge is -2.31. The Morgan fingerprint density at radius 3 is 1.71 bits per heavy atom. The highest BCUT2D eigenvalue weighted by atomic mass is 19.4. The highest BCUT2D eigenvalue weighted by Crippen LogP contribution is 2.26. The van der Waals surface area contributed by atoms with Gasteiger partial charge in [-0.25, -0.2) is 0 Å². The molecule has 17 heavy (non-hydrogen) atoms. The Kier molecular flexibility index (Phi) is 5.97. The molecule has 0 amide bonds. The van der Waals surface area contributed by atoms with E-state index in [-0.39, 0.29) is 11.8 Å². The molecule has 0 radical (unpaired) electrons. The van der Waals surface area contributed by atoms with Crippen LogP contribution in [-0.2, 0) is 0 Å². The summed E-state index contributed by atoms with van der Waals surface area (Å²) in [5.74, 6) is 0.350. The molecule has 0 aliphatic heterocycles. The highest BCUT2D eigenvalue weighted by molar-refractivity contribution is 5.08. The van der Waals surface area contributed by atoms with Gasteiger partial charge in [0.2, 0.25) is 0 Å². The largest absolute Gasteiger partial charge is 0.401 e. The number of nitriles is 1. The summed E-state index contributed by atoms with van der Waals surface area (Å²) in [6, 6.07) is 2.04. The van der Waals surface area contributed by atoms with E-state index in [9.17, 15) is 18.4 Å². The molecule has 0 bridgehead atoms. The number of halogens is 3. The van der Waals surface area contributed by atoms with Crippen LogP contribution in [0.1, 0.15) is 40.5 Å². The van der Waals surface area contributed by atoms with Crippen LogP contribution >= 0.6 is 0 Å². The van der Waals surface area contributed by atoms with Crippen molar-refractivity contribution in [2.24, 2.45) is 11.8 Å². The molecule has 0 rings (SSSR count). The third-order valence-corrected chi connectivity index (χ3v) is 2.35. The monoisotopic (exact) mass is 250 g/mol. The number of hydrogen-bond donors (Lipinski definition) is 1. The van der Waals surface area contributed by atoms with E-state index < -0.39 is 18.3 Å². The first-order valence-corrected chi connectivity index (χ1v) is 5.83. The summed E-state index contributed by atoms with van der Waals surface area (Å²) in [4.78, 5) is 0. The fraction of sp³-hybridized carbons (Fsp3) is 0.917. The van der Waals surface area contributed by atoms with Gasteiger partial charge in [0, 0.05) is 0 Å². The predicted molar refractivity (Wildman–Crippen MR) is 61.3 cm³/mol. The maximum Gasteiger partial charge on any atom is 0.401 e. The molecule has 0 heterocycles. The van der Waals surface area contributed by atoms with Gasteiger partial charge in [0.15, 0.2) is 0 Å². The van der Waals surface area contributed by atoms with E-state index in [2.05, 4.69) is 5.32 Å². The molecule has 1 N–H and O–H groups in total. The second-order valence-corrected chi connectivity index (χ2v) is 5.36. The molecule has 0 saturated carbocycles. The van der Waals surface area contributed by atoms with Gasteiger partial charge in [-0.05, 0) is 24.7 Å². The zero-order valence-corrected chi connectivity index (χ0v) is 10.9. The van der Waals surface area contributed by atoms with Crippen LogP contribution in [0.2, 0.25) is 0 Å². The van der Waals surface area contributed by atoms with Crippen LogP contribution in [0.3, 0.4) is 0 Å². The lowest BCUT2D eigenvalue weighted by Crippen LogP contribution is -2.49. The molecule has 0 aliphatic rings. The van der Waals surface area contributed by atoms with Crippen molar-refractivity contribution >= 4 is 0 Å². The molecule has 100 valence electrons. The lowest BCUT2D eigenvalue weighted by atomic mass is 9.83. The summed E-state index contributed by atoms with van der Waals surface area (Å²) < 4.78 is 36.7. The van der Waals surface area contributed by atoms with E-state index in [0.29, 0.717) is 12.8 Å². The first-order valence-electron chi connectivity index (χ1n) is 5.83. The van der Waals surface area contributed by atoms with E-state index in [0.717, 1.165) is 0 Å². The Balaban J connectivity index is 4.75. The fourth-order valence-corrected chi connectivity index (χ4v) is 2.02. The number of nitrogens with one attached hydrogen (secondary N) is 1. The van der Waals surface area contributed by atoms with Crippen LogP contribution < -0.4 is 5.32 Å². The normalized spacial score (nSPS) is 13.2. The quantitative estimate of drug-likeness (QED) is 0.783. The Morgan fingerprint density at radius 1 is 1.06 bits per heavy atom. The molecule has 0 spiro atoms. The van der Waals surface area contributed by atoms with Gasteiger partial charge in [0.25, 0.3) is 0 Å². The van der Waals surface area contributed by atoms with Gasteiger partial charge in [0.1, 0.15) is 5.54 Å². The molecule has 0 aliphatic carbocycles. The Labute approximate surface area is 101 Å². The number of rotatable bonds is 6. The molecule has 0 aromatic carbocycles. The van der Waals surface area contributed by atoms with E-state index in [1.54, 1.807) is 0 Å². The number of hydrogen-bond acceptors (Lipinski definition) is 2. The molecule has 5 heteroatoms. The van der Waals surface area contributed by atoms with Gasteiger partial charge in [-0.3, -0.25) is 5.32 Å². The Hall–Kier alpha value is -0.760. The molecule has 0 unspecified atom stereocenters. The van der Waals surface area contributed by atoms with Crippen LogP contribution in [0.15, 0.2) is 0 Å². The van der Waals surface area contributed by atoms with Gasteiger partial charge < -0.3 is 0 Å². The van der Waals surface area contributed by atoms with Crippen LogP contribution in [0.25, 0.3) is 0 Å². The van der Waals surface area contributed by atoms with Crippen LogP contribution in [-0.4, -0.2) is 18.3 Å². The van der Waals surface area contributed by atoms with E-state index >= 15 is 0 Å². The van der Waals surface area contributed by atoms with Gasteiger partial charge in [-0.1, -0.05) is 27.7 Å². The van der Waals surface area contributed by atoms with Crippen molar-refractivity contribution in [3.05, 3.63) is 0 Å². The third-order valence-electron chi connectivity index (χ3n) is 2.35. The average Bonchev–Trinajstić information content (AvgIpc) is 2.11. The van der Waals surface area contributed by atoms with Crippen molar-refractivity contribution in [2.75, 3.05) is 6.54 Å². The summed E-state index contributed by atoms with van der Waals surface area (Å²) in [6.45, 7) is 6.51. The second-order valence-electron chi connectivity index (χ2n) is 5.36. The molecule has 0 aromatic heterocycles. The zero-order chi connectivity index (χ0) is 13.7. The minimum atomic E-state index is -4.28. The maximum atomic E-state index is 12.2. The van der Waals surface area contributed by atoms with E-state index in [1.807, 2.05) is 33.8 Å². The number of nitrogens with zero attached hydrogens (tertiary/aromatic N) is 1. The van der Waals surface area contributed by atoms with Gasteiger partial charge in [-0.2, -0.15) is 18.4 Å². The first-order chi connectivity index (χ1) is 7.60. The van der Waals surface area contributed by atoms with Gasteiger partial charge in [0.05, 0.1) is 12.6 Å². The molecular formula is C12H21F3N2. The predicted octanol–water partition coefficient (Wildman–Crippen LogP) is 3.49. The molecule has 0 fully saturated rings. The minimum Gasteiger partial charge on any atom is -0.291 e. The maximum absolute atomic E-state index is 12.2. The minimum absolute atomic E-state index is 0.175. The molecular weight excluding hydrogens is 229 g/mol. The smallest absolute Gasteiger partial charge is 0.291 e. The van der Waals surface area contributed by atoms with Crippen LogP contribution in [0.5, 0.6) is 0 Å². The van der Waals surface area contributed by atoms with Crippen molar-refractivity contribution in [1.29, 1.82) is 5.26 Å². The van der Waals surface area contributed by atoms with Gasteiger partial charge in [-0.15, -0.1) is 0 Å². The van der Waals surface area contributed by atoms with Crippen molar-refractivity contribution in [3.63, 3.8) is 0 Å². The summed E-state index contributed by atoms with van der Waals surface area (Å²) in [7, 11) is 0. The second kappa shape index (κ2) is 6.25. The topological polar surface area (TPSA) is 35.8 Å². The van der Waals surface area contributed by atoms with E-state index in [4.69, 9.17) is 0 Å². The number of alkyl halides is 3. The summed E-state index contributed by atoms with van der Waals surface area (Å²) in [5, 5.41) is 11.6. The molecule has 0 atom stereocenters. The van der Waals surface area contributed by atoms with Crippen molar-refractivity contribution in [2.45, 2.75) is 52.3 Å². The Morgan fingerprint density at radius 2 is 1.47 bits per heavy atom. The third kappa shape index (κ3) is 7.22. The summed E-state index contributed by atoms with van der Waals surface area (Å²) in [5.41, 5.74) is -1.07. The molecule has 0 aromatic rings. The highest BCUT2D eigenvalue weighted by Gasteiger charge is 2.36. The van der Waals surface area contributed by atoms with Gasteiger partial charge >= 0.3 is 6.18 Å². The molecule has 2 nitrogen and oxygen atoms in total. The first kappa shape index (κ1) is 16.2. The summed E-state index contributed by atoms with van der Waals surface area (Å²) in [6.07, 6.45) is -3.43. The Bertz CT molecular complexity index is 254. The van der Waals surface area contributed by atoms with Crippen LogP contribution in [0.4, 0.5) is 13.2 Å². The van der Waals surface area contributed by atoms with E-state index in [1.165, 1.54) is 0 Å². The summed E-state index contributed by atoms with van der Waals surface area (Å²) >= 11 is 0. The standard InChI is InChI=1S/C12H21F3N2/c1-9(2)5-11(7-16,6-10(3)4)17-8-12(13,14)15/h9-10,17H,5-6,8H2,1-4H3.